The van der Waals surface area contributed by atoms with Crippen LogP contribution in [-0.2, 0) is 16.2 Å². The lowest BCUT2D eigenvalue weighted by Crippen LogP contribution is -2.41. The van der Waals surface area contributed by atoms with Crippen molar-refractivity contribution in [3.63, 3.8) is 0 Å². The summed E-state index contributed by atoms with van der Waals surface area (Å²) in [4.78, 5) is 11.0. The van der Waals surface area contributed by atoms with E-state index in [0.717, 1.165) is 5.56 Å². The molecule has 0 spiro atoms. The van der Waals surface area contributed by atoms with Gasteiger partial charge in [-0.1, -0.05) is 12.1 Å². The molecule has 0 fully saturated rings. The molecule has 0 saturated carbocycles. The number of ether oxygens (including phenoxy) is 1. The Balaban J connectivity index is 2.98. The van der Waals surface area contributed by atoms with Crippen molar-refractivity contribution in [3.05, 3.63) is 29.8 Å². The normalized spacial score (nSPS) is 15.2. The first-order valence-corrected chi connectivity index (χ1v) is 8.78. The monoisotopic (exact) mass is 352 g/mol. The number of hydrogen-bond acceptors (Lipinski definition) is 5. The lowest BCUT2D eigenvalue weighted by Gasteiger charge is -2.28. The zero-order valence-electron chi connectivity index (χ0n) is 14.4. The van der Waals surface area contributed by atoms with Gasteiger partial charge in [0.2, 0.25) is 0 Å². The molecule has 0 radical (unpaired) electrons. The van der Waals surface area contributed by atoms with E-state index >= 15 is 0 Å². The Bertz CT molecular complexity index is 595. The molecule has 3 atom stereocenters. The second-order valence-corrected chi connectivity index (χ2v) is 8.42. The van der Waals surface area contributed by atoms with Gasteiger partial charge in [0.1, 0.15) is 16.4 Å². The molecule has 24 heavy (non-hydrogen) atoms. The molecule has 1 aromatic rings. The minimum Gasteiger partial charge on any atom is -0.598 e. The average Bonchev–Trinajstić information content (AvgIpc) is 2.52. The lowest BCUT2D eigenvalue weighted by atomic mass is 9.97. The summed E-state index contributed by atoms with van der Waals surface area (Å²) in [7, 11) is 1.56. The average molecular weight is 352 g/mol. The third-order valence-electron chi connectivity index (χ3n) is 3.50. The third-order valence-corrected chi connectivity index (χ3v) is 5.11. The largest absolute Gasteiger partial charge is 0.598 e. The van der Waals surface area contributed by atoms with Gasteiger partial charge in [-0.15, -0.1) is 4.72 Å². The van der Waals surface area contributed by atoms with Gasteiger partial charge in [0.25, 0.3) is 0 Å². The van der Waals surface area contributed by atoms with Gasteiger partial charge in [-0.3, -0.25) is 4.79 Å². The van der Waals surface area contributed by atoms with Crippen molar-refractivity contribution in [3.8, 4) is 11.8 Å². The van der Waals surface area contributed by atoms with Crippen molar-refractivity contribution in [2.75, 3.05) is 7.11 Å². The summed E-state index contributed by atoms with van der Waals surface area (Å²) in [6, 6.07) is 8.75. The van der Waals surface area contributed by atoms with Gasteiger partial charge < -0.3 is 14.4 Å². The smallest absolute Gasteiger partial charge is 0.320 e. The van der Waals surface area contributed by atoms with Crippen molar-refractivity contribution < 1.29 is 19.2 Å². The molecular weight excluding hydrogens is 328 g/mol. The fourth-order valence-corrected chi connectivity index (χ4v) is 2.90. The number of hydrogen-bond donors (Lipinski definition) is 2. The van der Waals surface area contributed by atoms with E-state index in [9.17, 15) is 9.35 Å². The van der Waals surface area contributed by atoms with Crippen LogP contribution >= 0.6 is 0 Å². The first-order chi connectivity index (χ1) is 11.2. The summed E-state index contributed by atoms with van der Waals surface area (Å²) in [6.07, 6.45) is 0.543. The van der Waals surface area contributed by atoms with Gasteiger partial charge in [-0.2, -0.15) is 5.26 Å². The molecule has 1 aromatic carbocycles. The van der Waals surface area contributed by atoms with Crippen LogP contribution in [-0.4, -0.2) is 27.5 Å². The maximum atomic E-state index is 12.4. The number of nitriles is 1. The number of benzene rings is 1. The molecule has 1 unspecified atom stereocenters. The number of aliphatic carboxylic acids is 1. The SMILES string of the molecule is COc1cccc([C@@H](CCC(C#N)C(=O)O)N[S@+]([O-])C(C)(C)C)c1. The molecule has 0 heterocycles. The first kappa shape index (κ1) is 20.3. The molecular formula is C17H24N2O4S. The third kappa shape index (κ3) is 6.04. The second kappa shape index (κ2) is 8.92. The highest BCUT2D eigenvalue weighted by atomic mass is 32.2. The highest BCUT2D eigenvalue weighted by molar-refractivity contribution is 7.90. The van der Waals surface area contributed by atoms with Crippen molar-refractivity contribution in [1.29, 1.82) is 5.26 Å². The Kier molecular flexibility index (Phi) is 7.55. The van der Waals surface area contributed by atoms with E-state index in [1.807, 2.05) is 39.0 Å². The fourth-order valence-electron chi connectivity index (χ4n) is 2.03. The number of nitrogens with one attached hydrogen (secondary N) is 1. The number of methoxy groups -OCH3 is 1. The van der Waals surface area contributed by atoms with Gasteiger partial charge in [0.05, 0.1) is 19.2 Å². The molecule has 2 N–H and O–H groups in total. The van der Waals surface area contributed by atoms with Crippen LogP contribution < -0.4 is 9.46 Å². The molecule has 0 amide bonds. The Morgan fingerprint density at radius 1 is 1.46 bits per heavy atom. The summed E-state index contributed by atoms with van der Waals surface area (Å²) in [5.41, 5.74) is 0.842. The predicted octanol–water partition coefficient (Wildman–Crippen LogP) is 2.79. The lowest BCUT2D eigenvalue weighted by molar-refractivity contribution is -0.140. The summed E-state index contributed by atoms with van der Waals surface area (Å²) in [5, 5.41) is 18.0. The van der Waals surface area contributed by atoms with Crippen molar-refractivity contribution in [2.45, 2.75) is 44.4 Å². The maximum Gasteiger partial charge on any atom is 0.320 e. The Labute approximate surface area is 146 Å². The fraction of sp³-hybridized carbons (Fsp3) is 0.529. The topological polar surface area (TPSA) is 105 Å². The number of nitrogens with zero attached hydrogens (tertiary/aromatic N) is 1. The highest BCUT2D eigenvalue weighted by Gasteiger charge is 2.30. The Morgan fingerprint density at radius 3 is 2.62 bits per heavy atom. The molecule has 132 valence electrons. The van der Waals surface area contributed by atoms with Crippen molar-refractivity contribution in [2.24, 2.45) is 5.92 Å². The standard InChI is InChI=1S/C17H24N2O4S/c1-17(2,3)24(22)19-15(9-8-13(11-18)16(20)21)12-6-5-7-14(10-12)23-4/h5-7,10,13,15,19H,8-9H2,1-4H3,(H,20,21)/t13?,15-,24-/m1/s1. The maximum absolute atomic E-state index is 12.4. The van der Waals surface area contributed by atoms with E-state index in [0.29, 0.717) is 12.2 Å². The molecule has 0 aromatic heterocycles. The predicted molar refractivity (Wildman–Crippen MR) is 92.7 cm³/mol. The van der Waals surface area contributed by atoms with E-state index < -0.39 is 28.0 Å². The van der Waals surface area contributed by atoms with Crippen molar-refractivity contribution in [1.82, 2.24) is 4.72 Å². The molecule has 0 aliphatic rings. The molecule has 6 nitrogen and oxygen atoms in total. The second-order valence-electron chi connectivity index (χ2n) is 6.43. The van der Waals surface area contributed by atoms with Gasteiger partial charge >= 0.3 is 5.97 Å². The zero-order chi connectivity index (χ0) is 18.3. The van der Waals surface area contributed by atoms with Crippen LogP contribution in [0, 0.1) is 17.2 Å². The summed E-state index contributed by atoms with van der Waals surface area (Å²) >= 11 is -1.32. The summed E-state index contributed by atoms with van der Waals surface area (Å²) in [6.45, 7) is 5.57. The number of carboxylic acid groups (broad SMARTS) is 1. The molecule has 0 aliphatic heterocycles. The Morgan fingerprint density at radius 2 is 2.12 bits per heavy atom. The van der Waals surface area contributed by atoms with Gasteiger partial charge in [0.15, 0.2) is 0 Å². The first-order valence-electron chi connectivity index (χ1n) is 7.63. The molecule has 0 aliphatic carbocycles. The van der Waals surface area contributed by atoms with Crippen LogP contribution in [0.15, 0.2) is 24.3 Å². The summed E-state index contributed by atoms with van der Waals surface area (Å²) < 4.78 is 20.2. The van der Waals surface area contributed by atoms with Crippen LogP contribution in [0.25, 0.3) is 0 Å². The van der Waals surface area contributed by atoms with E-state index in [1.54, 1.807) is 19.2 Å². The Hall–Kier alpha value is -1.75. The van der Waals surface area contributed by atoms with Gasteiger partial charge in [-0.25, -0.2) is 0 Å². The highest BCUT2D eigenvalue weighted by Crippen LogP contribution is 2.27. The van der Waals surface area contributed by atoms with Gasteiger partial charge in [-0.05, 0) is 51.3 Å². The van der Waals surface area contributed by atoms with Gasteiger partial charge in [0, 0.05) is 11.4 Å². The van der Waals surface area contributed by atoms with E-state index in [2.05, 4.69) is 4.72 Å². The van der Waals surface area contributed by atoms with Crippen LogP contribution in [0.3, 0.4) is 0 Å². The van der Waals surface area contributed by atoms with E-state index in [4.69, 9.17) is 15.1 Å². The zero-order valence-corrected chi connectivity index (χ0v) is 15.2. The van der Waals surface area contributed by atoms with Crippen LogP contribution in [0.1, 0.15) is 45.2 Å². The molecule has 0 bridgehead atoms. The van der Waals surface area contributed by atoms with E-state index in [-0.39, 0.29) is 12.5 Å². The molecule has 0 saturated heterocycles. The number of carboxylic acids is 1. The minimum atomic E-state index is -1.32. The van der Waals surface area contributed by atoms with Crippen LogP contribution in [0.5, 0.6) is 5.75 Å². The van der Waals surface area contributed by atoms with E-state index in [1.165, 1.54) is 0 Å². The quantitative estimate of drug-likeness (QED) is 0.697. The number of carbonyl (C=O) groups is 1. The molecule has 1 rings (SSSR count). The number of rotatable bonds is 8. The van der Waals surface area contributed by atoms with Crippen molar-refractivity contribution >= 4 is 17.3 Å². The summed E-state index contributed by atoms with van der Waals surface area (Å²) in [5.74, 6) is -1.56. The molecule has 7 heteroatoms. The van der Waals surface area contributed by atoms with Crippen LogP contribution in [0.2, 0.25) is 0 Å². The van der Waals surface area contributed by atoms with Crippen LogP contribution in [0.4, 0.5) is 0 Å². The minimum absolute atomic E-state index is 0.169.